The fraction of sp³-hybridized carbons (Fsp3) is 0.455. The molecule has 0 heterocycles. The van der Waals surface area contributed by atoms with Gasteiger partial charge in [0.05, 0.1) is 6.61 Å². The summed E-state index contributed by atoms with van der Waals surface area (Å²) in [7, 11) is 0. The number of rotatable bonds is 4. The minimum Gasteiger partial charge on any atom is -0.395 e. The Morgan fingerprint density at radius 2 is 1.73 bits per heavy atom. The number of hydrogen-bond acceptors (Lipinski definition) is 2. The molecule has 0 saturated heterocycles. The molecule has 0 aliphatic rings. The summed E-state index contributed by atoms with van der Waals surface area (Å²) in [6.07, 6.45) is 0. The SMILES string of the molecule is CC(CO)NC(C)c1cc(Cl)cc(Cl)c1. The highest BCUT2D eigenvalue weighted by molar-refractivity contribution is 6.34. The van der Waals surface area contributed by atoms with Crippen LogP contribution in [0.2, 0.25) is 10.0 Å². The zero-order valence-corrected chi connectivity index (χ0v) is 10.3. The summed E-state index contributed by atoms with van der Waals surface area (Å²) in [4.78, 5) is 0. The average molecular weight is 248 g/mol. The second kappa shape index (κ2) is 5.71. The molecule has 0 fully saturated rings. The molecule has 1 aromatic carbocycles. The van der Waals surface area contributed by atoms with E-state index in [1.807, 2.05) is 26.0 Å². The molecule has 0 aromatic heterocycles. The predicted octanol–water partition coefficient (Wildman–Crippen LogP) is 3.02. The Labute approximate surface area is 100 Å². The van der Waals surface area contributed by atoms with E-state index in [4.69, 9.17) is 28.3 Å². The zero-order valence-electron chi connectivity index (χ0n) is 8.80. The molecule has 0 aliphatic heterocycles. The smallest absolute Gasteiger partial charge is 0.0582 e. The largest absolute Gasteiger partial charge is 0.395 e. The zero-order chi connectivity index (χ0) is 11.4. The lowest BCUT2D eigenvalue weighted by Gasteiger charge is -2.19. The van der Waals surface area contributed by atoms with Crippen LogP contribution >= 0.6 is 23.2 Å². The third kappa shape index (κ3) is 3.99. The van der Waals surface area contributed by atoms with Gasteiger partial charge < -0.3 is 10.4 Å². The second-order valence-electron chi connectivity index (χ2n) is 3.67. The molecule has 84 valence electrons. The average Bonchev–Trinajstić information content (AvgIpc) is 2.16. The Morgan fingerprint density at radius 1 is 1.20 bits per heavy atom. The predicted molar refractivity (Wildman–Crippen MR) is 64.6 cm³/mol. The van der Waals surface area contributed by atoms with Gasteiger partial charge in [-0.2, -0.15) is 0 Å². The molecule has 1 aromatic rings. The molecule has 4 heteroatoms. The van der Waals surface area contributed by atoms with Crippen LogP contribution in [0.5, 0.6) is 0 Å². The first-order chi connectivity index (χ1) is 7.02. The van der Waals surface area contributed by atoms with Gasteiger partial charge in [-0.05, 0) is 37.6 Å². The first kappa shape index (κ1) is 12.8. The lowest BCUT2D eigenvalue weighted by molar-refractivity contribution is 0.243. The van der Waals surface area contributed by atoms with Gasteiger partial charge in [0.1, 0.15) is 0 Å². The molecule has 0 aliphatic carbocycles. The highest BCUT2D eigenvalue weighted by Crippen LogP contribution is 2.23. The fourth-order valence-electron chi connectivity index (χ4n) is 1.40. The van der Waals surface area contributed by atoms with E-state index < -0.39 is 0 Å². The Kier molecular flexibility index (Phi) is 4.87. The summed E-state index contributed by atoms with van der Waals surface area (Å²) in [5.74, 6) is 0. The van der Waals surface area contributed by atoms with E-state index in [-0.39, 0.29) is 18.7 Å². The standard InChI is InChI=1S/C11H15Cl2NO/c1-7(6-15)14-8(2)9-3-10(12)5-11(13)4-9/h3-5,7-8,14-15H,6H2,1-2H3. The lowest BCUT2D eigenvalue weighted by atomic mass is 10.1. The summed E-state index contributed by atoms with van der Waals surface area (Å²) in [5, 5.41) is 13.4. The number of benzene rings is 1. The summed E-state index contributed by atoms with van der Waals surface area (Å²) in [6, 6.07) is 5.61. The molecule has 0 bridgehead atoms. The van der Waals surface area contributed by atoms with Crippen molar-refractivity contribution < 1.29 is 5.11 Å². The van der Waals surface area contributed by atoms with E-state index in [2.05, 4.69) is 5.32 Å². The normalized spacial score (nSPS) is 15.0. The summed E-state index contributed by atoms with van der Waals surface area (Å²) >= 11 is 11.8. The molecule has 0 amide bonds. The van der Waals surface area contributed by atoms with Gasteiger partial charge in [0.15, 0.2) is 0 Å². The van der Waals surface area contributed by atoms with Crippen LogP contribution in [0.3, 0.4) is 0 Å². The van der Waals surface area contributed by atoms with E-state index in [1.165, 1.54) is 0 Å². The Bertz CT molecular complexity index is 310. The number of nitrogens with one attached hydrogen (secondary N) is 1. The summed E-state index contributed by atoms with van der Waals surface area (Å²) < 4.78 is 0. The Balaban J connectivity index is 2.77. The van der Waals surface area contributed by atoms with Crippen molar-refractivity contribution in [2.24, 2.45) is 0 Å². The lowest BCUT2D eigenvalue weighted by Crippen LogP contribution is -2.31. The van der Waals surface area contributed by atoms with Crippen LogP contribution in [0.4, 0.5) is 0 Å². The third-order valence-corrected chi connectivity index (χ3v) is 2.63. The number of aliphatic hydroxyl groups is 1. The second-order valence-corrected chi connectivity index (χ2v) is 4.55. The third-order valence-electron chi connectivity index (χ3n) is 2.19. The molecule has 0 saturated carbocycles. The van der Waals surface area contributed by atoms with Crippen molar-refractivity contribution in [2.45, 2.75) is 25.9 Å². The molecular formula is C11H15Cl2NO. The van der Waals surface area contributed by atoms with Gasteiger partial charge in [-0.3, -0.25) is 0 Å². The van der Waals surface area contributed by atoms with Gasteiger partial charge in [-0.1, -0.05) is 23.2 Å². The van der Waals surface area contributed by atoms with Gasteiger partial charge in [-0.15, -0.1) is 0 Å². The minimum atomic E-state index is 0.0535. The Morgan fingerprint density at radius 3 is 2.20 bits per heavy atom. The van der Waals surface area contributed by atoms with Gasteiger partial charge in [0.25, 0.3) is 0 Å². The quantitative estimate of drug-likeness (QED) is 0.858. The van der Waals surface area contributed by atoms with E-state index in [0.717, 1.165) is 5.56 Å². The molecule has 15 heavy (non-hydrogen) atoms. The topological polar surface area (TPSA) is 32.3 Å². The van der Waals surface area contributed by atoms with Gasteiger partial charge in [-0.25, -0.2) is 0 Å². The molecule has 1 rings (SSSR count). The molecule has 0 radical (unpaired) electrons. The summed E-state index contributed by atoms with van der Waals surface area (Å²) in [5.41, 5.74) is 1.02. The van der Waals surface area contributed by atoms with Crippen LogP contribution in [-0.4, -0.2) is 17.8 Å². The highest BCUT2D eigenvalue weighted by atomic mass is 35.5. The van der Waals surface area contributed by atoms with Crippen molar-refractivity contribution in [1.82, 2.24) is 5.32 Å². The molecule has 2 nitrogen and oxygen atoms in total. The highest BCUT2D eigenvalue weighted by Gasteiger charge is 2.09. The van der Waals surface area contributed by atoms with E-state index in [0.29, 0.717) is 10.0 Å². The number of aliphatic hydroxyl groups excluding tert-OH is 1. The van der Waals surface area contributed by atoms with Crippen molar-refractivity contribution in [3.63, 3.8) is 0 Å². The number of halogens is 2. The Hall–Kier alpha value is -0.280. The maximum absolute atomic E-state index is 8.93. The molecule has 0 spiro atoms. The van der Waals surface area contributed by atoms with Crippen molar-refractivity contribution >= 4 is 23.2 Å². The minimum absolute atomic E-state index is 0.0535. The van der Waals surface area contributed by atoms with Gasteiger partial charge in [0.2, 0.25) is 0 Å². The maximum atomic E-state index is 8.93. The summed E-state index contributed by atoms with van der Waals surface area (Å²) in [6.45, 7) is 4.04. The van der Waals surface area contributed by atoms with E-state index in [9.17, 15) is 0 Å². The van der Waals surface area contributed by atoms with Crippen LogP contribution in [0.25, 0.3) is 0 Å². The van der Waals surface area contributed by atoms with Crippen LogP contribution in [-0.2, 0) is 0 Å². The van der Waals surface area contributed by atoms with Crippen LogP contribution in [0.1, 0.15) is 25.5 Å². The molecule has 2 N–H and O–H groups in total. The number of hydrogen-bond donors (Lipinski definition) is 2. The first-order valence-electron chi connectivity index (χ1n) is 4.86. The first-order valence-corrected chi connectivity index (χ1v) is 5.61. The van der Waals surface area contributed by atoms with Crippen molar-refractivity contribution in [2.75, 3.05) is 6.61 Å². The molecule has 2 atom stereocenters. The van der Waals surface area contributed by atoms with Gasteiger partial charge >= 0.3 is 0 Å². The van der Waals surface area contributed by atoms with Gasteiger partial charge in [0, 0.05) is 22.1 Å². The fourth-order valence-corrected chi connectivity index (χ4v) is 1.94. The van der Waals surface area contributed by atoms with Crippen molar-refractivity contribution in [3.05, 3.63) is 33.8 Å². The van der Waals surface area contributed by atoms with E-state index >= 15 is 0 Å². The van der Waals surface area contributed by atoms with Crippen LogP contribution < -0.4 is 5.32 Å². The monoisotopic (exact) mass is 247 g/mol. The molecule has 2 unspecified atom stereocenters. The van der Waals surface area contributed by atoms with Crippen LogP contribution in [0, 0.1) is 0 Å². The van der Waals surface area contributed by atoms with Crippen molar-refractivity contribution in [3.8, 4) is 0 Å². The van der Waals surface area contributed by atoms with Crippen LogP contribution in [0.15, 0.2) is 18.2 Å². The van der Waals surface area contributed by atoms with Crippen molar-refractivity contribution in [1.29, 1.82) is 0 Å². The maximum Gasteiger partial charge on any atom is 0.0582 e. The van der Waals surface area contributed by atoms with E-state index in [1.54, 1.807) is 6.07 Å². The molecular weight excluding hydrogens is 233 g/mol.